The molecule has 0 saturated heterocycles. The van der Waals surface area contributed by atoms with Crippen molar-refractivity contribution in [1.29, 1.82) is 0 Å². The molecule has 1 aromatic carbocycles. The van der Waals surface area contributed by atoms with E-state index in [2.05, 4.69) is 36.6 Å². The Morgan fingerprint density at radius 2 is 1.89 bits per heavy atom. The molecule has 0 atom stereocenters. The molecule has 7 heteroatoms. The molecule has 1 aromatic heterocycles. The monoisotopic (exact) mass is 341 g/mol. The normalized spacial score (nSPS) is 10.4. The zero-order valence-electron chi connectivity index (χ0n) is 10.5. The van der Waals surface area contributed by atoms with Gasteiger partial charge in [0.25, 0.3) is 0 Å². The fraction of sp³-hybridized carbons (Fsp3) is 0.167. The quantitative estimate of drug-likeness (QED) is 0.587. The van der Waals surface area contributed by atoms with Crippen molar-refractivity contribution in [2.75, 3.05) is 10.7 Å². The zero-order valence-corrected chi connectivity index (χ0v) is 12.8. The molecule has 0 unspecified atom stereocenters. The molecule has 19 heavy (non-hydrogen) atoms. The average molecular weight is 343 g/mol. The van der Waals surface area contributed by atoms with Crippen LogP contribution in [0.15, 0.2) is 22.7 Å². The van der Waals surface area contributed by atoms with E-state index in [0.29, 0.717) is 22.5 Å². The van der Waals surface area contributed by atoms with Crippen LogP contribution in [0.25, 0.3) is 0 Å². The van der Waals surface area contributed by atoms with Gasteiger partial charge in [-0.2, -0.15) is 0 Å². The molecule has 0 bridgehead atoms. The van der Waals surface area contributed by atoms with Crippen molar-refractivity contribution in [2.24, 2.45) is 5.84 Å². The predicted molar refractivity (Wildman–Crippen MR) is 81.8 cm³/mol. The molecule has 0 spiro atoms. The Bertz CT molecular complexity index is 617. The highest BCUT2D eigenvalue weighted by Gasteiger charge is 2.10. The van der Waals surface area contributed by atoms with Crippen LogP contribution in [0.3, 0.4) is 0 Å². The Morgan fingerprint density at radius 1 is 1.21 bits per heavy atom. The van der Waals surface area contributed by atoms with Gasteiger partial charge in [-0.05, 0) is 32.0 Å². The number of nitrogens with one attached hydrogen (secondary N) is 2. The van der Waals surface area contributed by atoms with E-state index in [1.807, 2.05) is 25.1 Å². The molecule has 1 heterocycles. The smallest absolute Gasteiger partial charge is 0.148 e. The third-order valence-electron chi connectivity index (χ3n) is 2.58. The van der Waals surface area contributed by atoms with Crippen molar-refractivity contribution in [3.05, 3.63) is 39.1 Å². The second kappa shape index (κ2) is 5.73. The van der Waals surface area contributed by atoms with Crippen LogP contribution in [0.1, 0.15) is 11.4 Å². The van der Waals surface area contributed by atoms with Crippen LogP contribution in [-0.2, 0) is 0 Å². The number of benzene rings is 1. The van der Waals surface area contributed by atoms with Gasteiger partial charge in [-0.1, -0.05) is 27.5 Å². The lowest BCUT2D eigenvalue weighted by Crippen LogP contribution is -2.13. The largest absolute Gasteiger partial charge is 0.339 e. The first-order valence-corrected chi connectivity index (χ1v) is 6.72. The van der Waals surface area contributed by atoms with Gasteiger partial charge in [0.2, 0.25) is 0 Å². The Morgan fingerprint density at radius 3 is 2.53 bits per heavy atom. The Hall–Kier alpha value is -1.37. The molecular weight excluding hydrogens is 330 g/mol. The van der Waals surface area contributed by atoms with Gasteiger partial charge in [0, 0.05) is 10.0 Å². The lowest BCUT2D eigenvalue weighted by atomic mass is 10.2. The summed E-state index contributed by atoms with van der Waals surface area (Å²) in [5.41, 5.74) is 4.15. The standard InChI is InChI=1S/C12H13BrClN5/c1-6-11(16-7(2)17-12(6)19-15)18-10-4-3-8(13)5-9(10)14/h3-5H,15H2,1-2H3,(H2,16,17,18,19). The summed E-state index contributed by atoms with van der Waals surface area (Å²) < 4.78 is 0.919. The number of anilines is 3. The zero-order chi connectivity index (χ0) is 14.0. The molecular formula is C12H13BrClN5. The fourth-order valence-corrected chi connectivity index (χ4v) is 2.33. The van der Waals surface area contributed by atoms with Crippen molar-refractivity contribution >= 4 is 44.9 Å². The molecule has 2 aromatic rings. The van der Waals surface area contributed by atoms with Crippen LogP contribution in [0.5, 0.6) is 0 Å². The topological polar surface area (TPSA) is 75.9 Å². The third-order valence-corrected chi connectivity index (χ3v) is 3.38. The van der Waals surface area contributed by atoms with Gasteiger partial charge in [0.15, 0.2) is 0 Å². The summed E-state index contributed by atoms with van der Waals surface area (Å²) in [4.78, 5) is 8.55. The molecule has 0 aliphatic carbocycles. The number of hydrazine groups is 1. The van der Waals surface area contributed by atoms with Crippen molar-refractivity contribution in [3.8, 4) is 0 Å². The van der Waals surface area contributed by atoms with Gasteiger partial charge in [-0.15, -0.1) is 0 Å². The maximum Gasteiger partial charge on any atom is 0.148 e. The number of aromatic nitrogens is 2. The van der Waals surface area contributed by atoms with Crippen LogP contribution in [0, 0.1) is 13.8 Å². The lowest BCUT2D eigenvalue weighted by molar-refractivity contribution is 1.03. The molecule has 0 fully saturated rings. The van der Waals surface area contributed by atoms with Gasteiger partial charge in [0.05, 0.1) is 10.7 Å². The number of nitrogen functional groups attached to an aromatic ring is 1. The maximum atomic E-state index is 6.17. The summed E-state index contributed by atoms with van der Waals surface area (Å²) in [5, 5.41) is 3.79. The molecule has 100 valence electrons. The van der Waals surface area contributed by atoms with Gasteiger partial charge in [-0.3, -0.25) is 0 Å². The maximum absolute atomic E-state index is 6.17. The Labute approximate surface area is 124 Å². The van der Waals surface area contributed by atoms with Crippen LogP contribution >= 0.6 is 27.5 Å². The van der Waals surface area contributed by atoms with Crippen molar-refractivity contribution in [2.45, 2.75) is 13.8 Å². The van der Waals surface area contributed by atoms with E-state index in [-0.39, 0.29) is 0 Å². The number of nitrogens with zero attached hydrogens (tertiary/aromatic N) is 2. The molecule has 0 radical (unpaired) electrons. The van der Waals surface area contributed by atoms with Crippen molar-refractivity contribution in [3.63, 3.8) is 0 Å². The van der Waals surface area contributed by atoms with E-state index in [1.165, 1.54) is 0 Å². The van der Waals surface area contributed by atoms with Crippen molar-refractivity contribution in [1.82, 2.24) is 9.97 Å². The van der Waals surface area contributed by atoms with E-state index in [1.54, 1.807) is 6.92 Å². The van der Waals surface area contributed by atoms with Gasteiger partial charge in [0.1, 0.15) is 17.5 Å². The summed E-state index contributed by atoms with van der Waals surface area (Å²) in [7, 11) is 0. The molecule has 0 aliphatic rings. The van der Waals surface area contributed by atoms with Crippen LogP contribution in [0.2, 0.25) is 5.02 Å². The molecule has 0 saturated carbocycles. The highest BCUT2D eigenvalue weighted by molar-refractivity contribution is 9.10. The van der Waals surface area contributed by atoms with Gasteiger partial charge >= 0.3 is 0 Å². The van der Waals surface area contributed by atoms with E-state index in [9.17, 15) is 0 Å². The second-order valence-electron chi connectivity index (χ2n) is 3.99. The molecule has 0 amide bonds. The summed E-state index contributed by atoms with van der Waals surface area (Å²) >= 11 is 9.54. The molecule has 5 nitrogen and oxygen atoms in total. The first-order chi connectivity index (χ1) is 9.01. The summed E-state index contributed by atoms with van der Waals surface area (Å²) in [6.45, 7) is 3.68. The van der Waals surface area contributed by atoms with Crippen LogP contribution in [0.4, 0.5) is 17.3 Å². The summed E-state index contributed by atoms with van der Waals surface area (Å²) in [5.74, 6) is 7.31. The third kappa shape index (κ3) is 3.15. The number of aryl methyl sites for hydroxylation is 1. The minimum Gasteiger partial charge on any atom is -0.339 e. The van der Waals surface area contributed by atoms with Gasteiger partial charge in [-0.25, -0.2) is 15.8 Å². The second-order valence-corrected chi connectivity index (χ2v) is 5.31. The number of hydrogen-bond acceptors (Lipinski definition) is 5. The van der Waals surface area contributed by atoms with E-state index >= 15 is 0 Å². The number of hydrogen-bond donors (Lipinski definition) is 3. The Balaban J connectivity index is 2.40. The minimum absolute atomic E-state index is 0.586. The first kappa shape index (κ1) is 14.0. The highest BCUT2D eigenvalue weighted by atomic mass is 79.9. The predicted octanol–water partition coefficient (Wildman–Crippen LogP) is 3.54. The summed E-state index contributed by atoms with van der Waals surface area (Å²) in [6.07, 6.45) is 0. The SMILES string of the molecule is Cc1nc(NN)c(C)c(Nc2ccc(Br)cc2Cl)n1. The highest BCUT2D eigenvalue weighted by Crippen LogP contribution is 2.30. The number of rotatable bonds is 3. The average Bonchev–Trinajstić information content (AvgIpc) is 2.36. The lowest BCUT2D eigenvalue weighted by Gasteiger charge is -2.13. The van der Waals surface area contributed by atoms with Gasteiger partial charge < -0.3 is 10.7 Å². The Kier molecular flexibility index (Phi) is 4.24. The summed E-state index contributed by atoms with van der Waals surface area (Å²) in [6, 6.07) is 5.59. The number of nitrogens with two attached hydrogens (primary N) is 1. The molecule has 0 aliphatic heterocycles. The van der Waals surface area contributed by atoms with Crippen molar-refractivity contribution < 1.29 is 0 Å². The minimum atomic E-state index is 0.586. The van der Waals surface area contributed by atoms with E-state index in [4.69, 9.17) is 17.4 Å². The molecule has 2 rings (SSSR count). The first-order valence-electron chi connectivity index (χ1n) is 5.55. The van der Waals surface area contributed by atoms with E-state index < -0.39 is 0 Å². The molecule has 4 N–H and O–H groups in total. The fourth-order valence-electron chi connectivity index (χ4n) is 1.61. The van der Waals surface area contributed by atoms with E-state index in [0.717, 1.165) is 15.7 Å². The van der Waals surface area contributed by atoms with Crippen LogP contribution < -0.4 is 16.6 Å². The number of halogens is 2. The van der Waals surface area contributed by atoms with Crippen LogP contribution in [-0.4, -0.2) is 9.97 Å².